The Hall–Kier alpha value is -1.33. The van der Waals surface area contributed by atoms with Crippen LogP contribution < -0.4 is 5.73 Å². The fourth-order valence-corrected chi connectivity index (χ4v) is 0.495. The van der Waals surface area contributed by atoms with E-state index < -0.39 is 5.97 Å². The SMILES string of the molecule is COC(=O)c1ccco1.Cl.NCC=O. The molecule has 0 saturated carbocycles. The zero-order chi connectivity index (χ0) is 10.1. The number of hydrogen-bond acceptors (Lipinski definition) is 5. The molecule has 6 heteroatoms. The summed E-state index contributed by atoms with van der Waals surface area (Å²) in [6.45, 7) is 0.139. The van der Waals surface area contributed by atoms with Gasteiger partial charge >= 0.3 is 5.97 Å². The number of methoxy groups -OCH3 is 1. The summed E-state index contributed by atoms with van der Waals surface area (Å²) in [5, 5.41) is 0. The normalized spacial score (nSPS) is 7.57. The van der Waals surface area contributed by atoms with Gasteiger partial charge in [-0.1, -0.05) is 0 Å². The summed E-state index contributed by atoms with van der Waals surface area (Å²) in [4.78, 5) is 19.6. The van der Waals surface area contributed by atoms with Crippen LogP contribution in [0.2, 0.25) is 0 Å². The van der Waals surface area contributed by atoms with E-state index in [4.69, 9.17) is 9.21 Å². The van der Waals surface area contributed by atoms with Crippen LogP contribution in [0.25, 0.3) is 0 Å². The van der Waals surface area contributed by atoms with Gasteiger partial charge in [0.05, 0.1) is 13.4 Å². The quantitative estimate of drug-likeness (QED) is 0.585. The summed E-state index contributed by atoms with van der Waals surface area (Å²) in [5.41, 5.74) is 4.66. The molecule has 5 nitrogen and oxygen atoms in total. The van der Waals surface area contributed by atoms with Crippen molar-refractivity contribution >= 4 is 24.7 Å². The summed E-state index contributed by atoms with van der Waals surface area (Å²) in [7, 11) is 1.31. The molecule has 0 aliphatic heterocycles. The highest BCUT2D eigenvalue weighted by Crippen LogP contribution is 2.00. The van der Waals surface area contributed by atoms with Crippen LogP contribution in [0.4, 0.5) is 0 Å². The van der Waals surface area contributed by atoms with E-state index in [-0.39, 0.29) is 24.7 Å². The zero-order valence-electron chi connectivity index (χ0n) is 7.64. The van der Waals surface area contributed by atoms with Crippen molar-refractivity contribution in [3.63, 3.8) is 0 Å². The molecule has 0 unspecified atom stereocenters. The lowest BCUT2D eigenvalue weighted by molar-refractivity contribution is -0.106. The molecule has 1 rings (SSSR count). The molecular weight excluding hydrogens is 210 g/mol. The van der Waals surface area contributed by atoms with Gasteiger partial charge in [-0.2, -0.15) is 0 Å². The Labute approximate surface area is 87.6 Å². The third kappa shape index (κ3) is 6.22. The number of halogens is 1. The second-order valence-corrected chi connectivity index (χ2v) is 1.87. The molecule has 80 valence electrons. The smallest absolute Gasteiger partial charge is 0.373 e. The Kier molecular flexibility index (Phi) is 10.6. The summed E-state index contributed by atoms with van der Waals surface area (Å²) in [5.74, 6) is -0.211. The first kappa shape index (κ1) is 15.2. The largest absolute Gasteiger partial charge is 0.463 e. The lowest BCUT2D eigenvalue weighted by Crippen LogP contribution is -1.97. The van der Waals surface area contributed by atoms with Gasteiger partial charge in [-0.3, -0.25) is 0 Å². The molecule has 0 radical (unpaired) electrons. The molecular formula is C8H12ClNO4. The summed E-state index contributed by atoms with van der Waals surface area (Å²) in [6, 6.07) is 3.18. The van der Waals surface area contributed by atoms with Crippen molar-refractivity contribution in [1.82, 2.24) is 0 Å². The van der Waals surface area contributed by atoms with Crippen LogP contribution in [-0.2, 0) is 9.53 Å². The van der Waals surface area contributed by atoms with Crippen LogP contribution in [0.5, 0.6) is 0 Å². The second-order valence-electron chi connectivity index (χ2n) is 1.87. The lowest BCUT2D eigenvalue weighted by Gasteiger charge is -1.89. The van der Waals surface area contributed by atoms with Crippen molar-refractivity contribution in [3.05, 3.63) is 24.2 Å². The highest BCUT2D eigenvalue weighted by atomic mass is 35.5. The highest BCUT2D eigenvalue weighted by Gasteiger charge is 2.05. The highest BCUT2D eigenvalue weighted by molar-refractivity contribution is 5.86. The van der Waals surface area contributed by atoms with Gasteiger partial charge in [0.1, 0.15) is 6.29 Å². The van der Waals surface area contributed by atoms with E-state index in [1.807, 2.05) is 0 Å². The molecule has 14 heavy (non-hydrogen) atoms. The van der Waals surface area contributed by atoms with Gasteiger partial charge in [-0.25, -0.2) is 4.79 Å². The predicted molar refractivity (Wildman–Crippen MR) is 52.4 cm³/mol. The third-order valence-electron chi connectivity index (χ3n) is 1.00. The average molecular weight is 222 g/mol. The van der Waals surface area contributed by atoms with Crippen molar-refractivity contribution in [3.8, 4) is 0 Å². The van der Waals surface area contributed by atoms with E-state index in [2.05, 4.69) is 10.5 Å². The molecule has 0 atom stereocenters. The molecule has 0 amide bonds. The fourth-order valence-electron chi connectivity index (χ4n) is 0.495. The molecule has 1 aromatic heterocycles. The van der Waals surface area contributed by atoms with E-state index in [9.17, 15) is 4.79 Å². The number of nitrogens with two attached hydrogens (primary N) is 1. The molecule has 2 N–H and O–H groups in total. The van der Waals surface area contributed by atoms with Gasteiger partial charge in [-0.15, -0.1) is 12.4 Å². The molecule has 1 heterocycles. The monoisotopic (exact) mass is 221 g/mol. The number of furan rings is 1. The number of esters is 1. The van der Waals surface area contributed by atoms with E-state index in [1.165, 1.54) is 13.4 Å². The molecule has 0 aliphatic rings. The second kappa shape index (κ2) is 9.76. The Morgan fingerprint density at radius 3 is 2.57 bits per heavy atom. The van der Waals surface area contributed by atoms with Crippen LogP contribution in [-0.4, -0.2) is 25.9 Å². The minimum Gasteiger partial charge on any atom is -0.463 e. The fraction of sp³-hybridized carbons (Fsp3) is 0.250. The lowest BCUT2D eigenvalue weighted by atomic mass is 10.5. The molecule has 0 spiro atoms. The van der Waals surface area contributed by atoms with Gasteiger partial charge in [-0.05, 0) is 12.1 Å². The number of rotatable bonds is 2. The van der Waals surface area contributed by atoms with Crippen molar-refractivity contribution in [2.24, 2.45) is 5.73 Å². The van der Waals surface area contributed by atoms with Gasteiger partial charge in [0.25, 0.3) is 0 Å². The standard InChI is InChI=1S/C6H6O3.C2H5NO.ClH/c1-8-6(7)5-3-2-4-9-5;3-1-2-4;/h2-4H,1H3;2H,1,3H2;1H. The minimum atomic E-state index is -0.444. The maximum atomic E-state index is 10.6. The van der Waals surface area contributed by atoms with Crippen LogP contribution in [0.3, 0.4) is 0 Å². The van der Waals surface area contributed by atoms with Gasteiger partial charge in [0, 0.05) is 6.54 Å². The molecule has 0 aliphatic carbocycles. The van der Waals surface area contributed by atoms with Crippen molar-refractivity contribution < 1.29 is 18.7 Å². The number of ether oxygens (including phenoxy) is 1. The molecule has 0 aromatic carbocycles. The van der Waals surface area contributed by atoms with Crippen LogP contribution in [0, 0.1) is 0 Å². The van der Waals surface area contributed by atoms with Crippen LogP contribution in [0.1, 0.15) is 10.6 Å². The number of carbonyl (C=O) groups is 2. The van der Waals surface area contributed by atoms with Crippen molar-refractivity contribution in [1.29, 1.82) is 0 Å². The Morgan fingerprint density at radius 2 is 2.29 bits per heavy atom. The van der Waals surface area contributed by atoms with E-state index in [1.54, 1.807) is 12.1 Å². The Balaban J connectivity index is 0. The van der Waals surface area contributed by atoms with E-state index in [0.29, 0.717) is 6.29 Å². The Bertz CT molecular complexity index is 248. The van der Waals surface area contributed by atoms with E-state index >= 15 is 0 Å². The Morgan fingerprint density at radius 1 is 1.71 bits per heavy atom. The third-order valence-corrected chi connectivity index (χ3v) is 1.00. The minimum absolute atomic E-state index is 0. The van der Waals surface area contributed by atoms with Gasteiger partial charge in [0.2, 0.25) is 5.76 Å². The number of aldehydes is 1. The maximum absolute atomic E-state index is 10.6. The maximum Gasteiger partial charge on any atom is 0.373 e. The predicted octanol–water partition coefficient (Wildman–Crippen LogP) is 0.632. The average Bonchev–Trinajstić information content (AvgIpc) is 2.70. The van der Waals surface area contributed by atoms with Crippen LogP contribution >= 0.6 is 12.4 Å². The zero-order valence-corrected chi connectivity index (χ0v) is 8.45. The van der Waals surface area contributed by atoms with Crippen LogP contribution in [0.15, 0.2) is 22.8 Å². The number of hydrogen-bond donors (Lipinski definition) is 1. The summed E-state index contributed by atoms with van der Waals surface area (Å²) >= 11 is 0. The first-order valence-electron chi connectivity index (χ1n) is 3.51. The molecule has 0 saturated heterocycles. The van der Waals surface area contributed by atoms with Crippen molar-refractivity contribution in [2.75, 3.05) is 13.7 Å². The van der Waals surface area contributed by atoms with E-state index in [0.717, 1.165) is 0 Å². The molecule has 1 aromatic rings. The topological polar surface area (TPSA) is 82.5 Å². The van der Waals surface area contributed by atoms with Gasteiger partial charge in [0.15, 0.2) is 0 Å². The first-order chi connectivity index (χ1) is 6.26. The first-order valence-corrected chi connectivity index (χ1v) is 3.51. The summed E-state index contributed by atoms with van der Waals surface area (Å²) < 4.78 is 9.07. The summed E-state index contributed by atoms with van der Waals surface area (Å²) in [6.07, 6.45) is 2.08. The number of carbonyl (C=O) groups excluding carboxylic acids is 2. The molecule has 0 fully saturated rings. The molecule has 0 bridgehead atoms. The van der Waals surface area contributed by atoms with Gasteiger partial charge < -0.3 is 19.7 Å². The van der Waals surface area contributed by atoms with Crippen molar-refractivity contribution in [2.45, 2.75) is 0 Å².